The highest BCUT2D eigenvalue weighted by molar-refractivity contribution is 6.00. The minimum absolute atomic E-state index is 0.188. The number of hydrogen-bond donors (Lipinski definition) is 1. The van der Waals surface area contributed by atoms with Gasteiger partial charge in [-0.2, -0.15) is 0 Å². The van der Waals surface area contributed by atoms with Crippen LogP contribution < -0.4 is 5.32 Å². The molecule has 0 fully saturated rings. The monoisotopic (exact) mass is 407 g/mol. The summed E-state index contributed by atoms with van der Waals surface area (Å²) in [4.78, 5) is 22.0. The minimum atomic E-state index is -0.188. The number of carbonyl (C=O) groups excluding carboxylic acids is 1. The maximum Gasteiger partial charge on any atom is 0.272 e. The summed E-state index contributed by atoms with van der Waals surface area (Å²) in [6.45, 7) is 1.13. The first-order valence-electron chi connectivity index (χ1n) is 10.1. The van der Waals surface area contributed by atoms with Crippen molar-refractivity contribution in [2.45, 2.75) is 13.1 Å². The molecule has 0 aliphatic rings. The smallest absolute Gasteiger partial charge is 0.272 e. The van der Waals surface area contributed by atoms with Gasteiger partial charge in [0.15, 0.2) is 5.69 Å². The summed E-state index contributed by atoms with van der Waals surface area (Å²) < 4.78 is 4.02. The van der Waals surface area contributed by atoms with Crippen molar-refractivity contribution in [2.75, 3.05) is 0 Å². The number of aromatic nitrogens is 4. The number of pyridine rings is 2. The molecule has 6 heteroatoms. The predicted molar refractivity (Wildman–Crippen MR) is 120 cm³/mol. The molecular weight excluding hydrogens is 386 g/mol. The van der Waals surface area contributed by atoms with E-state index in [1.165, 1.54) is 0 Å². The van der Waals surface area contributed by atoms with Crippen LogP contribution in [-0.4, -0.2) is 24.8 Å². The molecule has 4 heterocycles. The number of nitrogens with one attached hydrogen (secondary N) is 1. The quantitative estimate of drug-likeness (QED) is 0.459. The molecule has 1 N–H and O–H groups in total. The molecule has 6 nitrogen and oxygen atoms in total. The molecular formula is C25H21N5O. The van der Waals surface area contributed by atoms with E-state index in [1.807, 2.05) is 95.8 Å². The molecule has 4 aromatic heterocycles. The van der Waals surface area contributed by atoms with Crippen LogP contribution in [-0.2, 0) is 13.1 Å². The predicted octanol–water partition coefficient (Wildman–Crippen LogP) is 4.18. The number of amides is 1. The molecule has 0 saturated carbocycles. The minimum Gasteiger partial charge on any atom is -0.348 e. The fraction of sp³-hybridized carbons (Fsp3) is 0.0800. The van der Waals surface area contributed by atoms with Gasteiger partial charge in [0.05, 0.1) is 17.8 Å². The standard InChI is InChI=1S/C25H21N5O/c31-25(27-16-19-8-2-1-3-9-19)23-22-11-5-7-14-30(22)24(28-23)20-12-15-29(17-20)18-21-10-4-6-13-26-21/h1-15,17H,16,18H2,(H,27,31). The molecule has 0 bridgehead atoms. The summed E-state index contributed by atoms with van der Waals surface area (Å²) in [5.74, 6) is 0.548. The van der Waals surface area contributed by atoms with Crippen LogP contribution in [0.5, 0.6) is 0 Å². The van der Waals surface area contributed by atoms with E-state index in [-0.39, 0.29) is 5.91 Å². The second-order valence-electron chi connectivity index (χ2n) is 7.30. The lowest BCUT2D eigenvalue weighted by molar-refractivity contribution is 0.0948. The van der Waals surface area contributed by atoms with Gasteiger partial charge in [0, 0.05) is 36.9 Å². The van der Waals surface area contributed by atoms with E-state index in [9.17, 15) is 4.79 Å². The molecule has 0 aliphatic carbocycles. The maximum absolute atomic E-state index is 12.9. The summed E-state index contributed by atoms with van der Waals surface area (Å²) in [5.41, 5.74) is 4.17. The average Bonchev–Trinajstić information content (AvgIpc) is 3.43. The number of carbonyl (C=O) groups is 1. The molecule has 0 radical (unpaired) electrons. The van der Waals surface area contributed by atoms with Crippen LogP contribution in [0.15, 0.2) is 97.6 Å². The van der Waals surface area contributed by atoms with Crippen LogP contribution >= 0.6 is 0 Å². The Kier molecular flexibility index (Phi) is 5.02. The molecule has 0 aliphatic heterocycles. The topological polar surface area (TPSA) is 64.2 Å². The van der Waals surface area contributed by atoms with E-state index in [1.54, 1.807) is 6.20 Å². The van der Waals surface area contributed by atoms with Crippen LogP contribution in [0.2, 0.25) is 0 Å². The molecule has 5 rings (SSSR count). The lowest BCUT2D eigenvalue weighted by Gasteiger charge is -2.03. The van der Waals surface area contributed by atoms with E-state index >= 15 is 0 Å². The van der Waals surface area contributed by atoms with Crippen LogP contribution in [0.25, 0.3) is 16.9 Å². The zero-order chi connectivity index (χ0) is 21.0. The number of benzene rings is 1. The van der Waals surface area contributed by atoms with Crippen molar-refractivity contribution in [1.82, 2.24) is 24.3 Å². The largest absolute Gasteiger partial charge is 0.348 e. The third kappa shape index (κ3) is 3.96. The molecule has 1 aromatic carbocycles. The van der Waals surface area contributed by atoms with E-state index in [0.717, 1.165) is 28.2 Å². The second kappa shape index (κ2) is 8.28. The Morgan fingerprint density at radius 3 is 2.58 bits per heavy atom. The van der Waals surface area contributed by atoms with Gasteiger partial charge in [-0.15, -0.1) is 0 Å². The Hall–Kier alpha value is -4.19. The van der Waals surface area contributed by atoms with Gasteiger partial charge < -0.3 is 9.88 Å². The lowest BCUT2D eigenvalue weighted by atomic mass is 10.2. The average molecular weight is 407 g/mol. The van der Waals surface area contributed by atoms with Gasteiger partial charge in [0.25, 0.3) is 5.91 Å². The van der Waals surface area contributed by atoms with Crippen molar-refractivity contribution in [1.29, 1.82) is 0 Å². The first kappa shape index (κ1) is 18.8. The number of hydrogen-bond acceptors (Lipinski definition) is 3. The second-order valence-corrected chi connectivity index (χ2v) is 7.30. The van der Waals surface area contributed by atoms with E-state index in [2.05, 4.69) is 14.9 Å². The first-order valence-corrected chi connectivity index (χ1v) is 10.1. The van der Waals surface area contributed by atoms with Crippen molar-refractivity contribution < 1.29 is 4.79 Å². The molecule has 5 aromatic rings. The van der Waals surface area contributed by atoms with Crippen LogP contribution in [0.4, 0.5) is 0 Å². The summed E-state index contributed by atoms with van der Waals surface area (Å²) in [5, 5.41) is 2.98. The number of fused-ring (bicyclic) bond motifs is 1. The van der Waals surface area contributed by atoms with Crippen molar-refractivity contribution >= 4 is 11.4 Å². The molecule has 0 saturated heterocycles. The van der Waals surface area contributed by atoms with Gasteiger partial charge in [-0.05, 0) is 35.9 Å². The van der Waals surface area contributed by atoms with Gasteiger partial charge >= 0.3 is 0 Å². The van der Waals surface area contributed by atoms with Gasteiger partial charge in [0.1, 0.15) is 5.82 Å². The van der Waals surface area contributed by atoms with Gasteiger partial charge in [-0.25, -0.2) is 4.98 Å². The van der Waals surface area contributed by atoms with Crippen LogP contribution in [0.3, 0.4) is 0 Å². The van der Waals surface area contributed by atoms with Crippen molar-refractivity contribution in [3.05, 3.63) is 115 Å². The zero-order valence-corrected chi connectivity index (χ0v) is 16.8. The Morgan fingerprint density at radius 1 is 0.903 bits per heavy atom. The van der Waals surface area contributed by atoms with Crippen molar-refractivity contribution in [3.8, 4) is 11.4 Å². The summed E-state index contributed by atoms with van der Waals surface area (Å²) in [7, 11) is 0. The van der Waals surface area contributed by atoms with Gasteiger partial charge in [0.2, 0.25) is 0 Å². The van der Waals surface area contributed by atoms with Crippen molar-refractivity contribution in [2.24, 2.45) is 0 Å². The Morgan fingerprint density at radius 2 is 1.74 bits per heavy atom. The summed E-state index contributed by atoms with van der Waals surface area (Å²) >= 11 is 0. The summed E-state index contributed by atoms with van der Waals surface area (Å²) in [6.07, 6.45) is 7.76. The van der Waals surface area contributed by atoms with Gasteiger partial charge in [-0.3, -0.25) is 14.2 Å². The Bertz CT molecular complexity index is 1320. The fourth-order valence-electron chi connectivity index (χ4n) is 3.62. The zero-order valence-electron chi connectivity index (χ0n) is 16.8. The van der Waals surface area contributed by atoms with E-state index < -0.39 is 0 Å². The molecule has 31 heavy (non-hydrogen) atoms. The molecule has 0 unspecified atom stereocenters. The first-order chi connectivity index (χ1) is 15.3. The maximum atomic E-state index is 12.9. The number of rotatable bonds is 6. The van der Waals surface area contributed by atoms with E-state index in [4.69, 9.17) is 4.98 Å². The number of nitrogens with zero attached hydrogens (tertiary/aromatic N) is 4. The molecule has 0 atom stereocenters. The third-order valence-corrected chi connectivity index (χ3v) is 5.14. The lowest BCUT2D eigenvalue weighted by Crippen LogP contribution is -2.23. The highest BCUT2D eigenvalue weighted by Gasteiger charge is 2.18. The SMILES string of the molecule is O=C(NCc1ccccc1)c1nc(-c2ccn(Cc3ccccn3)c2)n2ccccc12. The molecule has 0 spiro atoms. The van der Waals surface area contributed by atoms with Crippen LogP contribution in [0, 0.1) is 0 Å². The summed E-state index contributed by atoms with van der Waals surface area (Å²) in [6, 6.07) is 23.5. The molecule has 152 valence electrons. The van der Waals surface area contributed by atoms with Gasteiger partial charge in [-0.1, -0.05) is 42.5 Å². The third-order valence-electron chi connectivity index (χ3n) is 5.14. The van der Waals surface area contributed by atoms with Crippen LogP contribution in [0.1, 0.15) is 21.7 Å². The number of imidazole rings is 1. The van der Waals surface area contributed by atoms with Crippen molar-refractivity contribution in [3.63, 3.8) is 0 Å². The normalized spacial score (nSPS) is 11.0. The fourth-order valence-corrected chi connectivity index (χ4v) is 3.62. The highest BCUT2D eigenvalue weighted by atomic mass is 16.1. The Labute approximate surface area is 179 Å². The van der Waals surface area contributed by atoms with E-state index in [0.29, 0.717) is 18.8 Å². The highest BCUT2D eigenvalue weighted by Crippen LogP contribution is 2.23. The molecule has 1 amide bonds. The Balaban J connectivity index is 1.43.